The summed E-state index contributed by atoms with van der Waals surface area (Å²) in [4.78, 5) is 2.33. The highest BCUT2D eigenvalue weighted by Crippen LogP contribution is 2.25. The predicted octanol–water partition coefficient (Wildman–Crippen LogP) is 3.37. The van der Waals surface area contributed by atoms with Crippen molar-refractivity contribution >= 4 is 0 Å². The SMILES string of the molecule is C#Cc1ccc(CCN2COc3ccc(C)cc3C2)cc1. The summed E-state index contributed by atoms with van der Waals surface area (Å²) < 4.78 is 5.82. The number of aryl methyl sites for hydroxylation is 1. The molecule has 2 aromatic rings. The second-order valence-electron chi connectivity index (χ2n) is 5.53. The van der Waals surface area contributed by atoms with Gasteiger partial charge < -0.3 is 4.74 Å². The molecule has 0 amide bonds. The predicted molar refractivity (Wildman–Crippen MR) is 85.2 cm³/mol. The van der Waals surface area contributed by atoms with Crippen LogP contribution < -0.4 is 4.74 Å². The fraction of sp³-hybridized carbons (Fsp3) is 0.263. The minimum absolute atomic E-state index is 0.665. The highest BCUT2D eigenvalue weighted by Gasteiger charge is 2.16. The normalized spacial score (nSPS) is 14.1. The topological polar surface area (TPSA) is 12.5 Å². The van der Waals surface area contributed by atoms with Gasteiger partial charge in [0.25, 0.3) is 0 Å². The van der Waals surface area contributed by atoms with Crippen molar-refractivity contribution in [3.05, 3.63) is 64.7 Å². The number of hydrogen-bond acceptors (Lipinski definition) is 2. The summed E-state index contributed by atoms with van der Waals surface area (Å²) in [7, 11) is 0. The van der Waals surface area contributed by atoms with Crippen LogP contribution in [0.4, 0.5) is 0 Å². The van der Waals surface area contributed by atoms with E-state index in [1.165, 1.54) is 16.7 Å². The van der Waals surface area contributed by atoms with Crippen LogP contribution in [0.1, 0.15) is 22.3 Å². The Morgan fingerprint density at radius 2 is 2.00 bits per heavy atom. The summed E-state index contributed by atoms with van der Waals surface area (Å²) in [5, 5.41) is 0. The zero-order valence-electron chi connectivity index (χ0n) is 12.3. The second-order valence-corrected chi connectivity index (χ2v) is 5.53. The highest BCUT2D eigenvalue weighted by atomic mass is 16.5. The summed E-state index contributed by atoms with van der Waals surface area (Å²) in [5.41, 5.74) is 4.81. The van der Waals surface area contributed by atoms with E-state index in [2.05, 4.69) is 48.1 Å². The quantitative estimate of drug-likeness (QED) is 0.798. The van der Waals surface area contributed by atoms with E-state index in [-0.39, 0.29) is 0 Å². The molecule has 0 aromatic heterocycles. The van der Waals surface area contributed by atoms with Gasteiger partial charge in [-0.15, -0.1) is 6.42 Å². The molecule has 0 fully saturated rings. The zero-order chi connectivity index (χ0) is 14.7. The average molecular weight is 277 g/mol. The van der Waals surface area contributed by atoms with Gasteiger partial charge in [0, 0.05) is 24.2 Å². The summed E-state index contributed by atoms with van der Waals surface area (Å²) in [6.45, 7) is 4.73. The summed E-state index contributed by atoms with van der Waals surface area (Å²) >= 11 is 0. The number of terminal acetylenes is 1. The molecule has 2 heteroatoms. The van der Waals surface area contributed by atoms with Crippen molar-refractivity contribution in [3.63, 3.8) is 0 Å². The smallest absolute Gasteiger partial charge is 0.142 e. The van der Waals surface area contributed by atoms with Gasteiger partial charge in [-0.2, -0.15) is 0 Å². The Labute approximate surface area is 126 Å². The Morgan fingerprint density at radius 1 is 1.19 bits per heavy atom. The first-order chi connectivity index (χ1) is 10.2. The molecule has 0 bridgehead atoms. The molecule has 0 saturated heterocycles. The van der Waals surface area contributed by atoms with Crippen molar-refractivity contribution in [2.75, 3.05) is 13.3 Å². The zero-order valence-corrected chi connectivity index (χ0v) is 12.3. The van der Waals surface area contributed by atoms with Crippen LogP contribution in [-0.2, 0) is 13.0 Å². The highest BCUT2D eigenvalue weighted by molar-refractivity contribution is 5.38. The van der Waals surface area contributed by atoms with Crippen LogP contribution in [0.25, 0.3) is 0 Å². The van der Waals surface area contributed by atoms with Gasteiger partial charge in [0.05, 0.1) is 0 Å². The van der Waals surface area contributed by atoms with Crippen LogP contribution in [0, 0.1) is 19.3 Å². The molecule has 1 aliphatic heterocycles. The van der Waals surface area contributed by atoms with E-state index in [9.17, 15) is 0 Å². The minimum Gasteiger partial charge on any atom is -0.478 e. The fourth-order valence-electron chi connectivity index (χ4n) is 2.62. The van der Waals surface area contributed by atoms with Crippen LogP contribution in [0.2, 0.25) is 0 Å². The van der Waals surface area contributed by atoms with Gasteiger partial charge in [-0.05, 0) is 37.1 Å². The Balaban J connectivity index is 1.60. The second kappa shape index (κ2) is 6.03. The molecule has 1 heterocycles. The molecule has 0 spiro atoms. The molecule has 0 unspecified atom stereocenters. The largest absolute Gasteiger partial charge is 0.478 e. The fourth-order valence-corrected chi connectivity index (χ4v) is 2.62. The van der Waals surface area contributed by atoms with Crippen LogP contribution in [0.15, 0.2) is 42.5 Å². The number of ether oxygens (including phenoxy) is 1. The molecule has 2 aromatic carbocycles. The maximum Gasteiger partial charge on any atom is 0.142 e. The third-order valence-electron chi connectivity index (χ3n) is 3.85. The summed E-state index contributed by atoms with van der Waals surface area (Å²) in [6.07, 6.45) is 6.38. The lowest BCUT2D eigenvalue weighted by atomic mass is 10.1. The van der Waals surface area contributed by atoms with Crippen molar-refractivity contribution in [1.29, 1.82) is 0 Å². The number of hydrogen-bond donors (Lipinski definition) is 0. The Hall–Kier alpha value is -2.24. The van der Waals surface area contributed by atoms with E-state index in [0.29, 0.717) is 6.73 Å². The molecule has 0 saturated carbocycles. The summed E-state index contributed by atoms with van der Waals surface area (Å²) in [5.74, 6) is 3.67. The van der Waals surface area contributed by atoms with E-state index in [4.69, 9.17) is 11.2 Å². The van der Waals surface area contributed by atoms with Gasteiger partial charge in [-0.25, -0.2) is 0 Å². The number of nitrogens with zero attached hydrogens (tertiary/aromatic N) is 1. The van der Waals surface area contributed by atoms with Gasteiger partial charge in [-0.3, -0.25) is 4.90 Å². The van der Waals surface area contributed by atoms with E-state index in [1.807, 2.05) is 12.1 Å². The van der Waals surface area contributed by atoms with Crippen LogP contribution >= 0.6 is 0 Å². The maximum absolute atomic E-state index is 5.82. The van der Waals surface area contributed by atoms with Crippen molar-refractivity contribution in [3.8, 4) is 18.1 Å². The minimum atomic E-state index is 0.665. The molecule has 21 heavy (non-hydrogen) atoms. The lowest BCUT2D eigenvalue weighted by molar-refractivity contribution is 0.0965. The lowest BCUT2D eigenvalue weighted by Crippen LogP contribution is -2.33. The molecule has 3 rings (SSSR count). The van der Waals surface area contributed by atoms with E-state index < -0.39 is 0 Å². The van der Waals surface area contributed by atoms with Gasteiger partial charge in [0.2, 0.25) is 0 Å². The molecule has 1 aliphatic rings. The van der Waals surface area contributed by atoms with Crippen molar-refractivity contribution < 1.29 is 4.74 Å². The Kier molecular flexibility index (Phi) is 3.94. The van der Waals surface area contributed by atoms with Gasteiger partial charge in [0.1, 0.15) is 12.5 Å². The standard InChI is InChI=1S/C19H19NO/c1-3-16-5-7-17(8-6-16)10-11-20-13-18-12-15(2)4-9-19(18)21-14-20/h1,4-9,12H,10-11,13-14H2,2H3. The third kappa shape index (κ3) is 3.26. The molecule has 0 N–H and O–H groups in total. The van der Waals surface area contributed by atoms with Crippen molar-refractivity contribution in [2.24, 2.45) is 0 Å². The maximum atomic E-state index is 5.82. The Bertz CT molecular complexity index is 667. The molecule has 0 aliphatic carbocycles. The van der Waals surface area contributed by atoms with Crippen LogP contribution in [0.5, 0.6) is 5.75 Å². The molecular weight excluding hydrogens is 258 g/mol. The van der Waals surface area contributed by atoms with Gasteiger partial charge in [-0.1, -0.05) is 35.7 Å². The van der Waals surface area contributed by atoms with Crippen molar-refractivity contribution in [2.45, 2.75) is 19.9 Å². The number of benzene rings is 2. The van der Waals surface area contributed by atoms with Crippen molar-refractivity contribution in [1.82, 2.24) is 4.90 Å². The van der Waals surface area contributed by atoms with E-state index in [0.717, 1.165) is 30.8 Å². The average Bonchev–Trinajstić information content (AvgIpc) is 2.53. The monoisotopic (exact) mass is 277 g/mol. The van der Waals surface area contributed by atoms with Gasteiger partial charge in [0.15, 0.2) is 0 Å². The Morgan fingerprint density at radius 3 is 2.76 bits per heavy atom. The molecule has 2 nitrogen and oxygen atoms in total. The first kappa shape index (κ1) is 13.7. The van der Waals surface area contributed by atoms with Crippen LogP contribution in [-0.4, -0.2) is 18.2 Å². The molecular formula is C19H19NO. The third-order valence-corrected chi connectivity index (χ3v) is 3.85. The van der Waals surface area contributed by atoms with Crippen LogP contribution in [0.3, 0.4) is 0 Å². The number of fused-ring (bicyclic) bond motifs is 1. The molecule has 0 atom stereocenters. The van der Waals surface area contributed by atoms with E-state index in [1.54, 1.807) is 0 Å². The lowest BCUT2D eigenvalue weighted by Gasteiger charge is -2.29. The molecule has 106 valence electrons. The molecule has 0 radical (unpaired) electrons. The number of rotatable bonds is 3. The van der Waals surface area contributed by atoms with E-state index >= 15 is 0 Å². The van der Waals surface area contributed by atoms with Gasteiger partial charge >= 0.3 is 0 Å². The first-order valence-electron chi connectivity index (χ1n) is 7.25. The first-order valence-corrected chi connectivity index (χ1v) is 7.25. The summed E-state index contributed by atoms with van der Waals surface area (Å²) in [6, 6.07) is 14.6.